The number of nitrogens with one attached hydrogen (secondary N) is 2. The molecule has 38 heavy (non-hydrogen) atoms. The van der Waals surface area contributed by atoms with Crippen molar-refractivity contribution in [2.45, 2.75) is 50.7 Å². The Hall–Kier alpha value is -3.25. The predicted molar refractivity (Wildman–Crippen MR) is 139 cm³/mol. The van der Waals surface area contributed by atoms with Crippen molar-refractivity contribution in [2.75, 3.05) is 17.6 Å². The van der Waals surface area contributed by atoms with Gasteiger partial charge >= 0.3 is 5.97 Å². The van der Waals surface area contributed by atoms with Gasteiger partial charge in [0.25, 0.3) is 5.91 Å². The third kappa shape index (κ3) is 7.41. The van der Waals surface area contributed by atoms with Crippen LogP contribution in [0.1, 0.15) is 31.4 Å². The Bertz CT molecular complexity index is 1180. The van der Waals surface area contributed by atoms with Gasteiger partial charge in [-0.15, -0.1) is 11.8 Å². The molecule has 1 saturated heterocycles. The van der Waals surface area contributed by atoms with Gasteiger partial charge < -0.3 is 26.4 Å². The fourth-order valence-corrected chi connectivity index (χ4v) is 5.29. The number of benzene rings is 2. The molecule has 0 aromatic heterocycles. The molecular formula is C26H31F3N4O4S. The summed E-state index contributed by atoms with van der Waals surface area (Å²) in [6.45, 7) is 4.01. The average Bonchev–Trinajstić information content (AvgIpc) is 3.35. The van der Waals surface area contributed by atoms with Crippen LogP contribution in [0, 0.1) is 23.4 Å². The lowest BCUT2D eigenvalue weighted by Crippen LogP contribution is -2.46. The van der Waals surface area contributed by atoms with Gasteiger partial charge in [-0.3, -0.25) is 9.59 Å². The molecule has 2 aromatic rings. The summed E-state index contributed by atoms with van der Waals surface area (Å²) in [7, 11) is 0. The topological polar surface area (TPSA) is 125 Å². The standard InChI is InChI=1S/C26H31F3N4O4S/c1-14(2)23(26(36)37)32-21-6-4-3-5-15(21)13-31-24(35)25-33(7-8-38-25)22(34)11-17(30)9-16-10-19(28)20(29)12-18(16)27/h3-6,10,12,14,17,23,25,32H,7-9,11,13,30H2,1-2H3,(H,31,35)(H,36,37)/t17-,23+,25+/m1/s1. The van der Waals surface area contributed by atoms with E-state index in [0.29, 0.717) is 29.6 Å². The van der Waals surface area contributed by atoms with Crippen molar-refractivity contribution in [2.24, 2.45) is 11.7 Å². The van der Waals surface area contributed by atoms with Crippen molar-refractivity contribution in [1.82, 2.24) is 10.2 Å². The molecule has 2 amide bonds. The highest BCUT2D eigenvalue weighted by Gasteiger charge is 2.35. The highest BCUT2D eigenvalue weighted by molar-refractivity contribution is 8.00. The molecule has 12 heteroatoms. The first-order chi connectivity index (χ1) is 18.0. The average molecular weight is 553 g/mol. The number of aliphatic carboxylic acids is 1. The quantitative estimate of drug-likeness (QED) is 0.316. The number of amides is 2. The van der Waals surface area contributed by atoms with E-state index in [4.69, 9.17) is 5.73 Å². The second-order valence-corrected chi connectivity index (χ2v) is 10.6. The number of rotatable bonds is 11. The zero-order valence-corrected chi connectivity index (χ0v) is 21.9. The van der Waals surface area contributed by atoms with E-state index in [-0.39, 0.29) is 30.9 Å². The zero-order valence-electron chi connectivity index (χ0n) is 21.0. The van der Waals surface area contributed by atoms with E-state index in [1.54, 1.807) is 38.1 Å². The molecular weight excluding hydrogens is 521 g/mol. The van der Waals surface area contributed by atoms with Crippen LogP contribution in [0.15, 0.2) is 36.4 Å². The monoisotopic (exact) mass is 552 g/mol. The number of nitrogens with two attached hydrogens (primary N) is 1. The van der Waals surface area contributed by atoms with Gasteiger partial charge in [-0.2, -0.15) is 0 Å². The van der Waals surface area contributed by atoms with Gasteiger partial charge in [0.2, 0.25) is 5.91 Å². The molecule has 0 unspecified atom stereocenters. The normalized spacial score (nSPS) is 16.8. The van der Waals surface area contributed by atoms with Crippen LogP contribution < -0.4 is 16.4 Å². The van der Waals surface area contributed by atoms with Crippen molar-refractivity contribution in [3.63, 3.8) is 0 Å². The van der Waals surface area contributed by atoms with Crippen molar-refractivity contribution in [3.05, 3.63) is 65.0 Å². The minimum atomic E-state index is -1.31. The van der Waals surface area contributed by atoms with E-state index in [0.717, 1.165) is 6.07 Å². The lowest BCUT2D eigenvalue weighted by molar-refractivity contribution is -0.138. The lowest BCUT2D eigenvalue weighted by Gasteiger charge is -2.25. The van der Waals surface area contributed by atoms with Gasteiger partial charge in [0, 0.05) is 43.1 Å². The number of hydrogen-bond donors (Lipinski definition) is 4. The van der Waals surface area contributed by atoms with Crippen molar-refractivity contribution < 1.29 is 32.7 Å². The molecule has 1 aliphatic rings. The molecule has 8 nitrogen and oxygen atoms in total. The van der Waals surface area contributed by atoms with Crippen LogP contribution in [0.25, 0.3) is 0 Å². The first-order valence-electron chi connectivity index (χ1n) is 12.1. The molecule has 0 bridgehead atoms. The van der Waals surface area contributed by atoms with E-state index >= 15 is 0 Å². The van der Waals surface area contributed by atoms with Crippen LogP contribution in [-0.4, -0.2) is 57.5 Å². The number of halogens is 3. The van der Waals surface area contributed by atoms with Crippen LogP contribution in [0.3, 0.4) is 0 Å². The largest absolute Gasteiger partial charge is 0.480 e. The summed E-state index contributed by atoms with van der Waals surface area (Å²) in [6, 6.07) is 6.52. The number of thioether (sulfide) groups is 1. The number of carbonyl (C=O) groups is 3. The molecule has 3 rings (SSSR count). The van der Waals surface area contributed by atoms with Crippen LogP contribution in [0.5, 0.6) is 0 Å². The zero-order chi connectivity index (χ0) is 28.0. The predicted octanol–water partition coefficient (Wildman–Crippen LogP) is 3.10. The van der Waals surface area contributed by atoms with Crippen LogP contribution in [-0.2, 0) is 27.3 Å². The van der Waals surface area contributed by atoms with E-state index in [2.05, 4.69) is 10.6 Å². The molecule has 0 aliphatic carbocycles. The Balaban J connectivity index is 1.60. The van der Waals surface area contributed by atoms with Crippen molar-refractivity contribution in [1.29, 1.82) is 0 Å². The third-order valence-corrected chi connectivity index (χ3v) is 7.36. The van der Waals surface area contributed by atoms with Crippen LogP contribution in [0.2, 0.25) is 0 Å². The Morgan fingerprint density at radius 1 is 1.11 bits per heavy atom. The maximum Gasteiger partial charge on any atom is 0.326 e. The summed E-state index contributed by atoms with van der Waals surface area (Å²) in [5.41, 5.74) is 7.13. The van der Waals surface area contributed by atoms with Gasteiger partial charge in [0.05, 0.1) is 0 Å². The minimum Gasteiger partial charge on any atom is -0.480 e. The fraction of sp³-hybridized carbons (Fsp3) is 0.423. The highest BCUT2D eigenvalue weighted by atomic mass is 32.2. The van der Waals surface area contributed by atoms with Crippen molar-refractivity contribution >= 4 is 35.2 Å². The molecule has 0 spiro atoms. The number of carboxylic acid groups (broad SMARTS) is 1. The van der Waals surface area contributed by atoms with E-state index < -0.39 is 52.7 Å². The van der Waals surface area contributed by atoms with Crippen LogP contribution in [0.4, 0.5) is 18.9 Å². The molecule has 2 aromatic carbocycles. The summed E-state index contributed by atoms with van der Waals surface area (Å²) in [6.07, 6.45) is -0.384. The number of anilines is 1. The summed E-state index contributed by atoms with van der Waals surface area (Å²) >= 11 is 1.29. The Morgan fingerprint density at radius 3 is 2.47 bits per heavy atom. The third-order valence-electron chi connectivity index (χ3n) is 6.16. The summed E-state index contributed by atoms with van der Waals surface area (Å²) in [5.74, 6) is -4.88. The summed E-state index contributed by atoms with van der Waals surface area (Å²) in [5, 5.41) is 14.5. The summed E-state index contributed by atoms with van der Waals surface area (Å²) in [4.78, 5) is 38.9. The number of nitrogens with zero attached hydrogens (tertiary/aromatic N) is 1. The molecule has 1 fully saturated rings. The first kappa shape index (κ1) is 29.3. The number of hydrogen-bond acceptors (Lipinski definition) is 6. The SMILES string of the molecule is CC(C)[C@H](Nc1ccccc1CNC(=O)[C@@H]1SCCN1C(=O)C[C@H](N)Cc1cc(F)c(F)cc1F)C(=O)O. The Morgan fingerprint density at radius 2 is 1.79 bits per heavy atom. The fourth-order valence-electron chi connectivity index (χ4n) is 4.12. The van der Waals surface area contributed by atoms with Crippen LogP contribution >= 0.6 is 11.8 Å². The maximum absolute atomic E-state index is 14.0. The van der Waals surface area contributed by atoms with Crippen molar-refractivity contribution in [3.8, 4) is 0 Å². The first-order valence-corrected chi connectivity index (χ1v) is 13.2. The van der Waals surface area contributed by atoms with Gasteiger partial charge in [-0.25, -0.2) is 18.0 Å². The molecule has 1 heterocycles. The molecule has 0 radical (unpaired) electrons. The second-order valence-electron chi connectivity index (χ2n) is 9.42. The second kappa shape index (κ2) is 13.0. The number of carbonyl (C=O) groups excluding carboxylic acids is 2. The minimum absolute atomic E-state index is 0.112. The number of carboxylic acids is 1. The molecule has 0 saturated carbocycles. The molecule has 206 valence electrons. The molecule has 5 N–H and O–H groups in total. The molecule has 1 aliphatic heterocycles. The van der Waals surface area contributed by atoms with E-state index in [1.807, 2.05) is 0 Å². The van der Waals surface area contributed by atoms with Gasteiger partial charge in [0.15, 0.2) is 17.0 Å². The Labute approximate surface area is 223 Å². The maximum atomic E-state index is 14.0. The van der Waals surface area contributed by atoms with Gasteiger partial charge in [-0.1, -0.05) is 32.0 Å². The smallest absolute Gasteiger partial charge is 0.326 e. The molecule has 3 atom stereocenters. The lowest BCUT2D eigenvalue weighted by atomic mass is 10.0. The van der Waals surface area contributed by atoms with E-state index in [1.165, 1.54) is 16.7 Å². The summed E-state index contributed by atoms with van der Waals surface area (Å²) < 4.78 is 40.6. The highest BCUT2D eigenvalue weighted by Crippen LogP contribution is 2.26. The Kier molecular flexibility index (Phi) is 10.0. The number of para-hydroxylation sites is 1. The van der Waals surface area contributed by atoms with Gasteiger partial charge in [0.1, 0.15) is 11.9 Å². The van der Waals surface area contributed by atoms with Gasteiger partial charge in [-0.05, 0) is 35.6 Å². The van der Waals surface area contributed by atoms with E-state index in [9.17, 15) is 32.7 Å².